The van der Waals surface area contributed by atoms with Crippen molar-refractivity contribution in [2.75, 3.05) is 4.43 Å². The third-order valence-corrected chi connectivity index (χ3v) is 2.26. The number of hydrogen-bond donors (Lipinski definition) is 0. The van der Waals surface area contributed by atoms with Crippen LogP contribution >= 0.6 is 22.6 Å². The van der Waals surface area contributed by atoms with Crippen LogP contribution in [0.4, 0.5) is 0 Å². The highest BCUT2D eigenvalue weighted by Crippen LogP contribution is 2.06. The predicted octanol–water partition coefficient (Wildman–Crippen LogP) is 3.49. The van der Waals surface area contributed by atoms with Crippen LogP contribution in [-0.2, 0) is 9.53 Å². The van der Waals surface area contributed by atoms with Crippen LogP contribution in [0.3, 0.4) is 0 Å². The monoisotopic (exact) mass is 334 g/mol. The summed E-state index contributed by atoms with van der Waals surface area (Å²) in [5, 5.41) is 0. The number of halogens is 1. The number of carbonyl (C=O) groups is 1. The van der Waals surface area contributed by atoms with Gasteiger partial charge in [0, 0.05) is 12.5 Å². The van der Waals surface area contributed by atoms with Gasteiger partial charge in [0.15, 0.2) is 0 Å². The number of allylic oxidation sites excluding steroid dienone is 1. The third-order valence-electron chi connectivity index (χ3n) is 1.50. The van der Waals surface area contributed by atoms with Crippen LogP contribution in [0.5, 0.6) is 0 Å². The van der Waals surface area contributed by atoms with E-state index in [9.17, 15) is 4.79 Å². The Morgan fingerprint density at radius 3 is 2.62 bits per heavy atom. The molecule has 0 unspecified atom stereocenters. The molecule has 0 aliphatic rings. The second-order valence-electron chi connectivity index (χ2n) is 4.33. The van der Waals surface area contributed by atoms with Crippen molar-refractivity contribution >= 4 is 28.6 Å². The molecule has 0 aromatic carbocycles. The Labute approximate surface area is 112 Å². The Hall–Kier alpha value is -0.500. The van der Waals surface area contributed by atoms with Gasteiger partial charge in [0.2, 0.25) is 0 Å². The number of rotatable bonds is 4. The molecule has 0 aromatic heterocycles. The molecule has 0 saturated heterocycles. The Morgan fingerprint density at radius 2 is 2.06 bits per heavy atom. The topological polar surface area (TPSA) is 26.3 Å². The minimum Gasteiger partial charge on any atom is -0.457 e. The summed E-state index contributed by atoms with van der Waals surface area (Å²) in [5.74, 6) is 5.48. The Bertz CT molecular complexity index is 289. The molecular weight excluding hydrogens is 315 g/mol. The number of alkyl halides is 1. The lowest BCUT2D eigenvalue weighted by Crippen LogP contribution is -2.22. The average molecular weight is 334 g/mol. The van der Waals surface area contributed by atoms with Crippen molar-refractivity contribution in [1.82, 2.24) is 0 Å². The molecule has 0 spiro atoms. The first-order chi connectivity index (χ1) is 7.45. The molecule has 0 saturated carbocycles. The van der Waals surface area contributed by atoms with Gasteiger partial charge in [-0.15, -0.1) is 0 Å². The van der Waals surface area contributed by atoms with Gasteiger partial charge in [-0.2, -0.15) is 0 Å². The van der Waals surface area contributed by atoms with Gasteiger partial charge in [-0.25, -0.2) is 4.79 Å². The summed E-state index contributed by atoms with van der Waals surface area (Å²) >= 11 is 2.35. The lowest BCUT2D eigenvalue weighted by atomic mass is 10.2. The van der Waals surface area contributed by atoms with Crippen LogP contribution in [0, 0.1) is 11.8 Å². The maximum absolute atomic E-state index is 11.2. The number of unbranched alkanes of at least 4 members (excludes halogenated alkanes) is 2. The first-order valence-electron chi connectivity index (χ1n) is 5.39. The van der Waals surface area contributed by atoms with Crippen molar-refractivity contribution in [3.8, 4) is 11.8 Å². The molecule has 0 aliphatic heterocycles. The van der Waals surface area contributed by atoms with E-state index >= 15 is 0 Å². The second kappa shape index (κ2) is 8.63. The van der Waals surface area contributed by atoms with Crippen molar-refractivity contribution in [3.05, 3.63) is 12.2 Å². The summed E-state index contributed by atoms with van der Waals surface area (Å²) in [5.41, 5.74) is -0.435. The molecule has 3 heteroatoms. The fraction of sp³-hybridized carbons (Fsp3) is 0.615. The van der Waals surface area contributed by atoms with Gasteiger partial charge in [-0.3, -0.25) is 0 Å². The molecule has 0 atom stereocenters. The van der Waals surface area contributed by atoms with Crippen LogP contribution in [0.2, 0.25) is 0 Å². The van der Waals surface area contributed by atoms with E-state index in [1.165, 1.54) is 16.9 Å². The first-order valence-corrected chi connectivity index (χ1v) is 6.92. The van der Waals surface area contributed by atoms with Crippen molar-refractivity contribution in [3.63, 3.8) is 0 Å². The van der Waals surface area contributed by atoms with Crippen molar-refractivity contribution in [1.29, 1.82) is 0 Å². The molecule has 0 amide bonds. The first kappa shape index (κ1) is 15.5. The second-order valence-corrected chi connectivity index (χ2v) is 5.41. The fourth-order valence-electron chi connectivity index (χ4n) is 0.884. The van der Waals surface area contributed by atoms with Gasteiger partial charge >= 0.3 is 5.97 Å². The van der Waals surface area contributed by atoms with Gasteiger partial charge in [-0.1, -0.05) is 34.4 Å². The normalized spacial score (nSPS) is 11.0. The van der Waals surface area contributed by atoms with E-state index in [1.807, 2.05) is 20.8 Å². The molecule has 0 aromatic rings. The summed E-state index contributed by atoms with van der Waals surface area (Å²) in [6.45, 7) is 5.53. The SMILES string of the molecule is CC(C)(C)OC(=O)/C=C/C#CCCCCI. The van der Waals surface area contributed by atoms with Crippen LogP contribution in [0.15, 0.2) is 12.2 Å². The smallest absolute Gasteiger partial charge is 0.331 e. The van der Waals surface area contributed by atoms with Gasteiger partial charge < -0.3 is 4.74 Å². The van der Waals surface area contributed by atoms with E-state index in [0.29, 0.717) is 0 Å². The Balaban J connectivity index is 3.79. The molecule has 0 heterocycles. The standard InChI is InChI=1S/C13H19IO2/c1-13(2,3)16-12(15)10-8-6-4-5-7-9-11-14/h8,10H,5,7,9,11H2,1-3H3/b10-8+. The van der Waals surface area contributed by atoms with Crippen LogP contribution in [0.1, 0.15) is 40.0 Å². The molecule has 2 nitrogen and oxygen atoms in total. The molecule has 0 aliphatic carbocycles. The maximum atomic E-state index is 11.2. The molecular formula is C13H19IO2. The number of carbonyl (C=O) groups excluding carboxylic acids is 1. The van der Waals surface area contributed by atoms with E-state index in [4.69, 9.17) is 4.74 Å². The Morgan fingerprint density at radius 1 is 1.38 bits per heavy atom. The molecule has 0 rings (SSSR count). The quantitative estimate of drug-likeness (QED) is 0.196. The van der Waals surface area contributed by atoms with Crippen LogP contribution in [-0.4, -0.2) is 16.0 Å². The summed E-state index contributed by atoms with van der Waals surface area (Å²) in [4.78, 5) is 11.2. The zero-order chi connectivity index (χ0) is 12.4. The zero-order valence-electron chi connectivity index (χ0n) is 10.2. The third kappa shape index (κ3) is 11.6. The Kier molecular flexibility index (Phi) is 8.36. The van der Waals surface area contributed by atoms with E-state index < -0.39 is 5.60 Å². The highest BCUT2D eigenvalue weighted by atomic mass is 127. The number of esters is 1. The average Bonchev–Trinajstić information content (AvgIpc) is 2.13. The maximum Gasteiger partial charge on any atom is 0.331 e. The fourth-order valence-corrected chi connectivity index (χ4v) is 1.42. The molecule has 0 bridgehead atoms. The van der Waals surface area contributed by atoms with Gasteiger partial charge in [0.25, 0.3) is 0 Å². The summed E-state index contributed by atoms with van der Waals surface area (Å²) < 4.78 is 6.26. The minimum absolute atomic E-state index is 0.339. The largest absolute Gasteiger partial charge is 0.457 e. The van der Waals surface area contributed by atoms with E-state index in [-0.39, 0.29) is 5.97 Å². The van der Waals surface area contributed by atoms with E-state index in [2.05, 4.69) is 34.4 Å². The molecule has 90 valence electrons. The van der Waals surface area contributed by atoms with Crippen LogP contribution in [0.25, 0.3) is 0 Å². The molecule has 0 radical (unpaired) electrons. The van der Waals surface area contributed by atoms with E-state index in [1.54, 1.807) is 6.08 Å². The zero-order valence-corrected chi connectivity index (χ0v) is 12.3. The summed E-state index contributed by atoms with van der Waals surface area (Å²) in [7, 11) is 0. The van der Waals surface area contributed by atoms with Crippen molar-refractivity contribution in [2.24, 2.45) is 0 Å². The lowest BCUT2D eigenvalue weighted by Gasteiger charge is -2.17. The van der Waals surface area contributed by atoms with Crippen molar-refractivity contribution in [2.45, 2.75) is 45.6 Å². The highest BCUT2D eigenvalue weighted by molar-refractivity contribution is 14.1. The molecule has 0 N–H and O–H groups in total. The molecule has 0 fully saturated rings. The lowest BCUT2D eigenvalue weighted by molar-refractivity contribution is -0.148. The minimum atomic E-state index is -0.435. The number of hydrogen-bond acceptors (Lipinski definition) is 2. The van der Waals surface area contributed by atoms with E-state index in [0.717, 1.165) is 12.8 Å². The summed E-state index contributed by atoms with van der Waals surface area (Å²) in [6.07, 6.45) is 6.14. The predicted molar refractivity (Wildman–Crippen MR) is 75.5 cm³/mol. The highest BCUT2D eigenvalue weighted by Gasteiger charge is 2.13. The van der Waals surface area contributed by atoms with Crippen molar-refractivity contribution < 1.29 is 9.53 Å². The van der Waals surface area contributed by atoms with Crippen LogP contribution < -0.4 is 0 Å². The van der Waals surface area contributed by atoms with Gasteiger partial charge in [0.05, 0.1) is 0 Å². The summed E-state index contributed by atoms with van der Waals surface area (Å²) in [6, 6.07) is 0. The number of ether oxygens (including phenoxy) is 1. The van der Waals surface area contributed by atoms with Gasteiger partial charge in [-0.05, 0) is 44.1 Å². The molecule has 16 heavy (non-hydrogen) atoms. The van der Waals surface area contributed by atoms with Gasteiger partial charge in [0.1, 0.15) is 5.60 Å².